The van der Waals surface area contributed by atoms with Crippen molar-refractivity contribution in [3.05, 3.63) is 93.7 Å². The van der Waals surface area contributed by atoms with Crippen LogP contribution in [-0.2, 0) is 6.42 Å². The van der Waals surface area contributed by atoms with Crippen molar-refractivity contribution in [1.29, 1.82) is 0 Å². The molecule has 2 aromatic heterocycles. The zero-order valence-corrected chi connectivity index (χ0v) is 17.4. The average molecular weight is 429 g/mol. The number of hydrogen-bond acceptors (Lipinski definition) is 5. The summed E-state index contributed by atoms with van der Waals surface area (Å²) in [6, 6.07) is 22.2. The summed E-state index contributed by atoms with van der Waals surface area (Å²) in [5.74, 6) is 0.700. The normalized spacial score (nSPS) is 11.2. The van der Waals surface area contributed by atoms with Crippen molar-refractivity contribution in [2.75, 3.05) is 0 Å². The summed E-state index contributed by atoms with van der Waals surface area (Å²) >= 11 is 6.13. The number of halogens is 1. The van der Waals surface area contributed by atoms with Gasteiger partial charge in [-0.1, -0.05) is 72.2 Å². The molecule has 5 aromatic rings. The molecule has 0 saturated carbocycles. The van der Waals surface area contributed by atoms with E-state index in [4.69, 9.17) is 16.1 Å². The van der Waals surface area contributed by atoms with Gasteiger partial charge in [0.05, 0.1) is 11.1 Å². The van der Waals surface area contributed by atoms with E-state index in [1.54, 1.807) is 30.3 Å². The first-order chi connectivity index (χ1) is 15.1. The first kappa shape index (κ1) is 19.2. The molecule has 0 fully saturated rings. The van der Waals surface area contributed by atoms with Crippen LogP contribution in [0, 0.1) is 0 Å². The number of benzene rings is 3. The van der Waals surface area contributed by atoms with Crippen molar-refractivity contribution in [1.82, 2.24) is 19.9 Å². The number of rotatable bonds is 4. The van der Waals surface area contributed by atoms with E-state index in [0.717, 1.165) is 12.0 Å². The fourth-order valence-corrected chi connectivity index (χ4v) is 3.64. The Labute approximate surface area is 182 Å². The van der Waals surface area contributed by atoms with Gasteiger partial charge in [0.2, 0.25) is 5.82 Å². The average Bonchev–Trinajstić information content (AvgIpc) is 3.30. The van der Waals surface area contributed by atoms with Gasteiger partial charge in [-0.2, -0.15) is 14.8 Å². The minimum absolute atomic E-state index is 0.238. The molecule has 0 amide bonds. The van der Waals surface area contributed by atoms with E-state index in [1.807, 2.05) is 42.5 Å². The number of fused-ring (bicyclic) bond motifs is 1. The fourth-order valence-electron chi connectivity index (χ4n) is 3.46. The summed E-state index contributed by atoms with van der Waals surface area (Å²) < 4.78 is 6.87. The van der Waals surface area contributed by atoms with Gasteiger partial charge in [0.25, 0.3) is 11.4 Å². The molecule has 0 aliphatic carbocycles. The van der Waals surface area contributed by atoms with Crippen molar-refractivity contribution >= 4 is 22.4 Å². The van der Waals surface area contributed by atoms with Crippen LogP contribution in [0.25, 0.3) is 39.4 Å². The van der Waals surface area contributed by atoms with Gasteiger partial charge < -0.3 is 4.52 Å². The Morgan fingerprint density at radius 1 is 0.968 bits per heavy atom. The maximum absolute atomic E-state index is 13.1. The third kappa shape index (κ3) is 3.51. The lowest BCUT2D eigenvalue weighted by Crippen LogP contribution is -2.22. The Bertz CT molecular complexity index is 1450. The molecule has 0 saturated heterocycles. The van der Waals surface area contributed by atoms with Gasteiger partial charge in [0.1, 0.15) is 0 Å². The van der Waals surface area contributed by atoms with Gasteiger partial charge in [-0.3, -0.25) is 4.79 Å². The second-order valence-corrected chi connectivity index (χ2v) is 7.50. The highest BCUT2D eigenvalue weighted by Crippen LogP contribution is 2.27. The summed E-state index contributed by atoms with van der Waals surface area (Å²) in [6.07, 6.45) is 0.957. The van der Waals surface area contributed by atoms with Gasteiger partial charge in [-0.15, -0.1) is 0 Å². The fraction of sp³-hybridized carbons (Fsp3) is 0.0833. The van der Waals surface area contributed by atoms with Crippen molar-refractivity contribution in [3.8, 4) is 28.7 Å². The summed E-state index contributed by atoms with van der Waals surface area (Å²) in [7, 11) is 0. The molecule has 152 valence electrons. The number of hydrogen-bond donors (Lipinski definition) is 0. The first-order valence-electron chi connectivity index (χ1n) is 9.85. The Hall–Kier alpha value is -3.77. The van der Waals surface area contributed by atoms with E-state index in [9.17, 15) is 4.79 Å². The molecule has 0 bridgehead atoms. The SMILES string of the molecule is CCc1ccc(-c2noc(-c3nn(-c4cccc(Cl)c4)c(=O)c4ccccc34)n2)cc1. The van der Waals surface area contributed by atoms with Crippen molar-refractivity contribution in [2.24, 2.45) is 0 Å². The van der Waals surface area contributed by atoms with Crippen LogP contribution >= 0.6 is 11.6 Å². The number of aromatic nitrogens is 4. The molecule has 3 aromatic carbocycles. The monoisotopic (exact) mass is 428 g/mol. The van der Waals surface area contributed by atoms with Crippen LogP contribution in [0.15, 0.2) is 82.1 Å². The van der Waals surface area contributed by atoms with Crippen molar-refractivity contribution in [3.63, 3.8) is 0 Å². The van der Waals surface area contributed by atoms with Crippen LogP contribution in [0.5, 0.6) is 0 Å². The third-order valence-electron chi connectivity index (χ3n) is 5.11. The molecular weight excluding hydrogens is 412 g/mol. The summed E-state index contributed by atoms with van der Waals surface area (Å²) in [5, 5.41) is 10.3. The molecular formula is C24H17ClN4O2. The highest BCUT2D eigenvalue weighted by atomic mass is 35.5. The smallest absolute Gasteiger partial charge is 0.279 e. The molecule has 0 atom stereocenters. The minimum atomic E-state index is -0.253. The molecule has 0 unspecified atom stereocenters. The Kier molecular flexibility index (Phi) is 4.84. The van der Waals surface area contributed by atoms with E-state index >= 15 is 0 Å². The molecule has 0 radical (unpaired) electrons. The predicted molar refractivity (Wildman–Crippen MR) is 120 cm³/mol. The molecule has 6 nitrogen and oxygen atoms in total. The molecule has 5 rings (SSSR count). The predicted octanol–water partition coefficient (Wildman–Crippen LogP) is 5.32. The zero-order chi connectivity index (χ0) is 21.4. The van der Waals surface area contributed by atoms with Crippen LogP contribution < -0.4 is 5.56 Å². The van der Waals surface area contributed by atoms with Crippen LogP contribution in [0.1, 0.15) is 12.5 Å². The van der Waals surface area contributed by atoms with Crippen molar-refractivity contribution < 1.29 is 4.52 Å². The van der Waals surface area contributed by atoms with E-state index in [0.29, 0.717) is 33.0 Å². The summed E-state index contributed by atoms with van der Waals surface area (Å²) in [6.45, 7) is 2.10. The number of aryl methyl sites for hydroxylation is 1. The van der Waals surface area contributed by atoms with E-state index in [2.05, 4.69) is 22.2 Å². The van der Waals surface area contributed by atoms with Crippen molar-refractivity contribution in [2.45, 2.75) is 13.3 Å². The summed E-state index contributed by atoms with van der Waals surface area (Å²) in [5.41, 5.74) is 2.81. The van der Waals surface area contributed by atoms with Crippen LogP contribution in [-0.4, -0.2) is 19.9 Å². The Morgan fingerprint density at radius 3 is 2.48 bits per heavy atom. The second-order valence-electron chi connectivity index (χ2n) is 7.06. The lowest BCUT2D eigenvalue weighted by atomic mass is 10.1. The molecule has 0 spiro atoms. The highest BCUT2D eigenvalue weighted by molar-refractivity contribution is 6.30. The minimum Gasteiger partial charge on any atom is -0.332 e. The quantitative estimate of drug-likeness (QED) is 0.387. The lowest BCUT2D eigenvalue weighted by molar-refractivity contribution is 0.430. The standard InChI is InChI=1S/C24H17ClN4O2/c1-2-15-10-12-16(13-11-15)22-26-23(31-28-22)21-19-8-3-4-9-20(19)24(30)29(27-21)18-7-5-6-17(25)14-18/h3-14H,2H2,1H3. The number of nitrogens with zero attached hydrogens (tertiary/aromatic N) is 4. The topological polar surface area (TPSA) is 73.8 Å². The largest absolute Gasteiger partial charge is 0.332 e. The van der Waals surface area contributed by atoms with Gasteiger partial charge in [0.15, 0.2) is 5.69 Å². The zero-order valence-electron chi connectivity index (χ0n) is 16.6. The maximum Gasteiger partial charge on any atom is 0.279 e. The molecule has 2 heterocycles. The van der Waals surface area contributed by atoms with E-state index < -0.39 is 0 Å². The van der Waals surface area contributed by atoms with Crippen LogP contribution in [0.3, 0.4) is 0 Å². The Balaban J connectivity index is 1.69. The van der Waals surface area contributed by atoms with E-state index in [-0.39, 0.29) is 11.4 Å². The molecule has 7 heteroatoms. The molecule has 0 aliphatic rings. The lowest BCUT2D eigenvalue weighted by Gasteiger charge is -2.09. The Morgan fingerprint density at radius 2 is 1.74 bits per heavy atom. The van der Waals surface area contributed by atoms with Gasteiger partial charge in [-0.25, -0.2) is 0 Å². The third-order valence-corrected chi connectivity index (χ3v) is 5.34. The summed E-state index contributed by atoms with van der Waals surface area (Å²) in [4.78, 5) is 17.7. The van der Waals surface area contributed by atoms with Gasteiger partial charge in [-0.05, 0) is 36.2 Å². The van der Waals surface area contributed by atoms with Crippen LogP contribution in [0.4, 0.5) is 0 Å². The second kappa shape index (κ2) is 7.81. The maximum atomic E-state index is 13.1. The van der Waals surface area contributed by atoms with Gasteiger partial charge in [0, 0.05) is 16.0 Å². The highest BCUT2D eigenvalue weighted by Gasteiger charge is 2.19. The first-order valence-corrected chi connectivity index (χ1v) is 10.2. The van der Waals surface area contributed by atoms with E-state index in [1.165, 1.54) is 10.2 Å². The van der Waals surface area contributed by atoms with Gasteiger partial charge >= 0.3 is 0 Å². The molecule has 0 aliphatic heterocycles. The molecule has 31 heavy (non-hydrogen) atoms. The van der Waals surface area contributed by atoms with Crippen LogP contribution in [0.2, 0.25) is 5.02 Å². The molecule has 0 N–H and O–H groups in total.